The Kier molecular flexibility index (Phi) is 5.51. The molecule has 158 valence electrons. The van der Waals surface area contributed by atoms with Crippen LogP contribution in [0.4, 0.5) is 5.69 Å². The maximum absolute atomic E-state index is 13.1. The van der Waals surface area contributed by atoms with E-state index in [0.717, 1.165) is 22.4 Å². The highest BCUT2D eigenvalue weighted by atomic mass is 16.7. The van der Waals surface area contributed by atoms with Crippen molar-refractivity contribution in [3.05, 3.63) is 53.1 Å². The van der Waals surface area contributed by atoms with Crippen LogP contribution in [-0.4, -0.2) is 46.9 Å². The highest BCUT2D eigenvalue weighted by Crippen LogP contribution is 2.43. The Morgan fingerprint density at radius 3 is 2.60 bits per heavy atom. The maximum atomic E-state index is 13.1. The number of hydrogen-bond donors (Lipinski definition) is 1. The number of anilines is 1. The van der Waals surface area contributed by atoms with Crippen molar-refractivity contribution in [3.8, 4) is 11.5 Å². The molecule has 2 aromatic carbocycles. The van der Waals surface area contributed by atoms with Crippen LogP contribution in [0.1, 0.15) is 23.1 Å². The van der Waals surface area contributed by atoms with E-state index in [1.165, 1.54) is 0 Å². The summed E-state index contributed by atoms with van der Waals surface area (Å²) < 4.78 is 22.8. The predicted molar refractivity (Wildman–Crippen MR) is 115 cm³/mol. The summed E-state index contributed by atoms with van der Waals surface area (Å²) in [6, 6.07) is 11.4. The van der Waals surface area contributed by atoms with Crippen LogP contribution in [0.25, 0.3) is 11.6 Å². The van der Waals surface area contributed by atoms with Crippen LogP contribution in [0.5, 0.6) is 11.5 Å². The highest BCUT2D eigenvalue weighted by molar-refractivity contribution is 6.35. The molecule has 0 saturated carbocycles. The lowest BCUT2D eigenvalue weighted by atomic mass is 9.96. The molecule has 0 radical (unpaired) electrons. The molecule has 2 N–H and O–H groups in total. The van der Waals surface area contributed by atoms with E-state index in [1.54, 1.807) is 26.2 Å². The molecule has 0 spiro atoms. The molecule has 0 aromatic heterocycles. The third-order valence-corrected chi connectivity index (χ3v) is 5.58. The number of likely N-dealkylation sites (N-methyl/N-ethyl adjacent to an activating group) is 1. The first-order chi connectivity index (χ1) is 14.5. The topological polar surface area (TPSA) is 83.3 Å². The van der Waals surface area contributed by atoms with Gasteiger partial charge < -0.3 is 29.6 Å². The molecule has 0 aliphatic carbocycles. The van der Waals surface area contributed by atoms with Gasteiger partial charge in [0.05, 0.1) is 33.1 Å². The Labute approximate surface area is 176 Å². The maximum Gasteiger partial charge on any atom is 0.258 e. The molecule has 2 heterocycles. The first-order valence-electron chi connectivity index (χ1n) is 9.88. The molecular formula is C23H26N2O5. The SMILES string of the molecule is COc1cccc(/C=C2\C(=O)N(C)c3ccc(C4(CCN)OCCO4)cc32)c1OC. The van der Waals surface area contributed by atoms with Crippen LogP contribution < -0.4 is 20.1 Å². The van der Waals surface area contributed by atoms with E-state index >= 15 is 0 Å². The van der Waals surface area contributed by atoms with E-state index in [1.807, 2.05) is 42.5 Å². The van der Waals surface area contributed by atoms with Gasteiger partial charge in [0.15, 0.2) is 17.3 Å². The molecule has 2 aliphatic heterocycles. The van der Waals surface area contributed by atoms with Crippen molar-refractivity contribution in [3.63, 3.8) is 0 Å². The fraction of sp³-hybridized carbons (Fsp3) is 0.348. The molecule has 1 amide bonds. The van der Waals surface area contributed by atoms with Crippen molar-refractivity contribution in [2.45, 2.75) is 12.2 Å². The van der Waals surface area contributed by atoms with Gasteiger partial charge in [-0.2, -0.15) is 0 Å². The number of carbonyl (C=O) groups excluding carboxylic acids is 1. The molecular weight excluding hydrogens is 384 g/mol. The average Bonchev–Trinajstić information content (AvgIpc) is 3.33. The standard InChI is InChI=1S/C23H26N2O5/c1-25-19-8-7-16(23(9-10-24)29-11-12-30-23)14-17(19)18(22(25)26)13-15-5-4-6-20(27-2)21(15)28-3/h4-8,13-14H,9-12,24H2,1-3H3/b18-13-. The zero-order valence-corrected chi connectivity index (χ0v) is 17.4. The quantitative estimate of drug-likeness (QED) is 0.738. The summed E-state index contributed by atoms with van der Waals surface area (Å²) in [5, 5.41) is 0. The molecule has 0 bridgehead atoms. The van der Waals surface area contributed by atoms with Gasteiger partial charge in [-0.15, -0.1) is 0 Å². The Morgan fingerprint density at radius 1 is 1.17 bits per heavy atom. The van der Waals surface area contributed by atoms with Crippen molar-refractivity contribution >= 4 is 23.2 Å². The number of ether oxygens (including phenoxy) is 4. The summed E-state index contributed by atoms with van der Waals surface area (Å²) in [5.41, 5.74) is 9.66. The third-order valence-electron chi connectivity index (χ3n) is 5.58. The second kappa shape index (κ2) is 8.10. The summed E-state index contributed by atoms with van der Waals surface area (Å²) >= 11 is 0. The highest BCUT2D eigenvalue weighted by Gasteiger charge is 2.40. The Morgan fingerprint density at radius 2 is 1.93 bits per heavy atom. The third kappa shape index (κ3) is 3.25. The van der Waals surface area contributed by atoms with E-state index in [2.05, 4.69) is 0 Å². The van der Waals surface area contributed by atoms with Crippen molar-refractivity contribution in [2.75, 3.05) is 45.9 Å². The summed E-state index contributed by atoms with van der Waals surface area (Å²) in [5.74, 6) is 0.226. The number of fused-ring (bicyclic) bond motifs is 1. The number of nitrogens with zero attached hydrogens (tertiary/aromatic N) is 1. The lowest BCUT2D eigenvalue weighted by molar-refractivity contribution is -0.168. The summed E-state index contributed by atoms with van der Waals surface area (Å²) in [6.45, 7) is 1.46. The number of carbonyl (C=O) groups is 1. The van der Waals surface area contributed by atoms with Gasteiger partial charge in [0.25, 0.3) is 5.91 Å². The van der Waals surface area contributed by atoms with Crippen LogP contribution in [0.3, 0.4) is 0 Å². The van der Waals surface area contributed by atoms with E-state index < -0.39 is 5.79 Å². The van der Waals surface area contributed by atoms with Crippen LogP contribution in [-0.2, 0) is 20.1 Å². The Balaban J connectivity index is 1.84. The minimum Gasteiger partial charge on any atom is -0.493 e. The molecule has 0 unspecified atom stereocenters. The number of amides is 1. The molecule has 7 nitrogen and oxygen atoms in total. The molecule has 7 heteroatoms. The fourth-order valence-electron chi connectivity index (χ4n) is 4.11. The van der Waals surface area contributed by atoms with Gasteiger partial charge in [0.1, 0.15) is 0 Å². The normalized spacial score (nSPS) is 18.7. The second-order valence-electron chi connectivity index (χ2n) is 7.23. The van der Waals surface area contributed by atoms with Gasteiger partial charge in [0.2, 0.25) is 0 Å². The summed E-state index contributed by atoms with van der Waals surface area (Å²) in [7, 11) is 4.94. The number of nitrogens with two attached hydrogens (primary N) is 1. The smallest absolute Gasteiger partial charge is 0.258 e. The monoisotopic (exact) mass is 410 g/mol. The lowest BCUT2D eigenvalue weighted by Crippen LogP contribution is -2.30. The molecule has 1 saturated heterocycles. The zero-order chi connectivity index (χ0) is 21.3. The first-order valence-corrected chi connectivity index (χ1v) is 9.88. The largest absolute Gasteiger partial charge is 0.493 e. The van der Waals surface area contributed by atoms with Crippen LogP contribution in [0.15, 0.2) is 36.4 Å². The Bertz CT molecular complexity index is 995. The van der Waals surface area contributed by atoms with Crippen molar-refractivity contribution in [1.29, 1.82) is 0 Å². The van der Waals surface area contributed by atoms with Gasteiger partial charge in [0, 0.05) is 35.7 Å². The molecule has 2 aliphatic rings. The van der Waals surface area contributed by atoms with Crippen molar-refractivity contribution in [1.82, 2.24) is 0 Å². The number of methoxy groups -OCH3 is 2. The number of hydrogen-bond acceptors (Lipinski definition) is 6. The minimum absolute atomic E-state index is 0.0897. The van der Waals surface area contributed by atoms with Gasteiger partial charge in [-0.25, -0.2) is 0 Å². The Hall–Kier alpha value is -2.87. The number of rotatable bonds is 6. The van der Waals surface area contributed by atoms with E-state index in [4.69, 9.17) is 24.7 Å². The van der Waals surface area contributed by atoms with Gasteiger partial charge in [-0.05, 0) is 30.8 Å². The van der Waals surface area contributed by atoms with Gasteiger partial charge in [-0.1, -0.05) is 18.2 Å². The van der Waals surface area contributed by atoms with Crippen LogP contribution in [0.2, 0.25) is 0 Å². The minimum atomic E-state index is -0.868. The van der Waals surface area contributed by atoms with Gasteiger partial charge in [-0.3, -0.25) is 4.79 Å². The van der Waals surface area contributed by atoms with E-state index in [0.29, 0.717) is 43.3 Å². The summed E-state index contributed by atoms with van der Waals surface area (Å²) in [4.78, 5) is 14.7. The van der Waals surface area contributed by atoms with E-state index in [-0.39, 0.29) is 5.91 Å². The average molecular weight is 410 g/mol. The van der Waals surface area contributed by atoms with E-state index in [9.17, 15) is 4.79 Å². The molecule has 30 heavy (non-hydrogen) atoms. The molecule has 0 atom stereocenters. The summed E-state index contributed by atoms with van der Waals surface area (Å²) in [6.07, 6.45) is 2.38. The molecule has 4 rings (SSSR count). The van der Waals surface area contributed by atoms with Crippen LogP contribution >= 0.6 is 0 Å². The second-order valence-corrected chi connectivity index (χ2v) is 7.23. The first kappa shape index (κ1) is 20.4. The molecule has 2 aromatic rings. The predicted octanol–water partition coefficient (Wildman–Crippen LogP) is 2.77. The lowest BCUT2D eigenvalue weighted by Gasteiger charge is -2.28. The fourth-order valence-corrected chi connectivity index (χ4v) is 4.11. The number of benzene rings is 2. The van der Waals surface area contributed by atoms with Crippen molar-refractivity contribution < 1.29 is 23.7 Å². The molecule has 1 fully saturated rings. The van der Waals surface area contributed by atoms with Crippen molar-refractivity contribution in [2.24, 2.45) is 5.73 Å². The zero-order valence-electron chi connectivity index (χ0n) is 17.4. The van der Waals surface area contributed by atoms with Crippen LogP contribution in [0, 0.1) is 0 Å². The van der Waals surface area contributed by atoms with Gasteiger partial charge >= 0.3 is 0 Å². The number of para-hydroxylation sites is 1.